The van der Waals surface area contributed by atoms with Gasteiger partial charge in [-0.25, -0.2) is 0 Å². The molecule has 2 heteroatoms. The maximum Gasteiger partial charge on any atom is 0.0191 e. The maximum absolute atomic E-state index is 5.72. The maximum atomic E-state index is 5.72. The summed E-state index contributed by atoms with van der Waals surface area (Å²) in [7, 11) is 0. The summed E-state index contributed by atoms with van der Waals surface area (Å²) in [5.41, 5.74) is 5.72. The van der Waals surface area contributed by atoms with Gasteiger partial charge in [0.2, 0.25) is 0 Å². The summed E-state index contributed by atoms with van der Waals surface area (Å²) < 4.78 is 0. The Balaban J connectivity index is 2.28. The number of nitrogens with two attached hydrogens (primary N) is 1. The zero-order valence-electron chi connectivity index (χ0n) is 5.35. The van der Waals surface area contributed by atoms with Crippen LogP contribution in [0.3, 0.4) is 0 Å². The molecule has 0 aromatic heterocycles. The van der Waals surface area contributed by atoms with Crippen LogP contribution in [0.15, 0.2) is 0 Å². The normalized spacial score (nSPS) is 39.8. The number of hydrogen-bond acceptors (Lipinski definition) is 2. The Morgan fingerprint density at radius 3 is 2.75 bits per heavy atom. The standard InChI is InChI=1S/C6H14N2/c1-5-2-3-8-4-6(5)7/h5-6,8H,2-4,7H2,1H3. The Bertz CT molecular complexity index is 62.9. The molecule has 2 unspecified atom stereocenters. The topological polar surface area (TPSA) is 38.0 Å². The van der Waals surface area contributed by atoms with E-state index < -0.39 is 0 Å². The lowest BCUT2D eigenvalue weighted by Crippen LogP contribution is -2.44. The molecule has 0 aromatic carbocycles. The fourth-order valence-electron chi connectivity index (χ4n) is 1.01. The lowest BCUT2D eigenvalue weighted by Gasteiger charge is -2.25. The van der Waals surface area contributed by atoms with Gasteiger partial charge in [0.25, 0.3) is 0 Å². The van der Waals surface area contributed by atoms with Crippen LogP contribution in [-0.4, -0.2) is 19.1 Å². The van der Waals surface area contributed by atoms with E-state index >= 15 is 0 Å². The smallest absolute Gasteiger partial charge is 0.0191 e. The van der Waals surface area contributed by atoms with E-state index in [0.717, 1.165) is 19.0 Å². The fourth-order valence-corrected chi connectivity index (χ4v) is 1.01. The monoisotopic (exact) mass is 114 g/mol. The van der Waals surface area contributed by atoms with Crippen molar-refractivity contribution < 1.29 is 0 Å². The van der Waals surface area contributed by atoms with E-state index in [2.05, 4.69) is 12.2 Å². The zero-order valence-corrected chi connectivity index (χ0v) is 5.35. The molecule has 0 saturated carbocycles. The van der Waals surface area contributed by atoms with E-state index in [0.29, 0.717) is 6.04 Å². The summed E-state index contributed by atoms with van der Waals surface area (Å²) in [6.07, 6.45) is 1.24. The molecule has 1 aliphatic heterocycles. The Kier molecular flexibility index (Phi) is 1.86. The highest BCUT2D eigenvalue weighted by Crippen LogP contribution is 2.07. The second-order valence-corrected chi connectivity index (χ2v) is 2.63. The predicted molar refractivity (Wildman–Crippen MR) is 34.6 cm³/mol. The predicted octanol–water partition coefficient (Wildman–Crippen LogP) is -0.0569. The highest BCUT2D eigenvalue weighted by atomic mass is 14.9. The van der Waals surface area contributed by atoms with Gasteiger partial charge in [-0.2, -0.15) is 0 Å². The molecule has 48 valence electrons. The lowest BCUT2D eigenvalue weighted by molar-refractivity contribution is 0.348. The van der Waals surface area contributed by atoms with Crippen LogP contribution in [0.5, 0.6) is 0 Å². The highest BCUT2D eigenvalue weighted by Gasteiger charge is 2.15. The van der Waals surface area contributed by atoms with Crippen LogP contribution in [0.4, 0.5) is 0 Å². The lowest BCUT2D eigenvalue weighted by atomic mass is 9.96. The number of piperidine rings is 1. The summed E-state index contributed by atoms with van der Waals surface area (Å²) >= 11 is 0. The Labute approximate surface area is 50.4 Å². The second kappa shape index (κ2) is 2.46. The minimum absolute atomic E-state index is 0.392. The molecule has 2 atom stereocenters. The van der Waals surface area contributed by atoms with Gasteiger partial charge < -0.3 is 11.1 Å². The SMILES string of the molecule is CC1CCNCC1N. The van der Waals surface area contributed by atoms with E-state index in [9.17, 15) is 0 Å². The van der Waals surface area contributed by atoms with Crippen LogP contribution in [0, 0.1) is 5.92 Å². The molecule has 8 heavy (non-hydrogen) atoms. The summed E-state index contributed by atoms with van der Waals surface area (Å²) in [4.78, 5) is 0. The summed E-state index contributed by atoms with van der Waals surface area (Å²) in [6.45, 7) is 4.36. The quantitative estimate of drug-likeness (QED) is 0.463. The van der Waals surface area contributed by atoms with Crippen LogP contribution in [0.2, 0.25) is 0 Å². The Hall–Kier alpha value is -0.0800. The van der Waals surface area contributed by atoms with Crippen molar-refractivity contribution in [3.63, 3.8) is 0 Å². The van der Waals surface area contributed by atoms with Gasteiger partial charge >= 0.3 is 0 Å². The molecule has 0 spiro atoms. The van der Waals surface area contributed by atoms with Gasteiger partial charge in [0, 0.05) is 12.6 Å². The molecular weight excluding hydrogens is 100 g/mol. The molecule has 0 aliphatic carbocycles. The van der Waals surface area contributed by atoms with E-state index in [1.54, 1.807) is 0 Å². The minimum Gasteiger partial charge on any atom is -0.326 e. The van der Waals surface area contributed by atoms with Gasteiger partial charge in [-0.15, -0.1) is 0 Å². The summed E-state index contributed by atoms with van der Waals surface area (Å²) in [5, 5.41) is 3.24. The van der Waals surface area contributed by atoms with Crippen molar-refractivity contribution in [2.75, 3.05) is 13.1 Å². The molecule has 1 rings (SSSR count). The molecule has 0 radical (unpaired) electrons. The average Bonchev–Trinajstić information content (AvgIpc) is 1.77. The molecule has 0 aromatic rings. The van der Waals surface area contributed by atoms with Crippen molar-refractivity contribution in [1.82, 2.24) is 5.32 Å². The molecule has 3 N–H and O–H groups in total. The van der Waals surface area contributed by atoms with Crippen LogP contribution >= 0.6 is 0 Å². The Morgan fingerprint density at radius 1 is 1.62 bits per heavy atom. The van der Waals surface area contributed by atoms with E-state index in [1.165, 1.54) is 6.42 Å². The van der Waals surface area contributed by atoms with Crippen LogP contribution in [0.1, 0.15) is 13.3 Å². The molecule has 1 heterocycles. The first-order chi connectivity index (χ1) is 3.80. The number of hydrogen-bond donors (Lipinski definition) is 2. The van der Waals surface area contributed by atoms with Crippen molar-refractivity contribution in [2.24, 2.45) is 11.7 Å². The van der Waals surface area contributed by atoms with Gasteiger partial charge in [0.05, 0.1) is 0 Å². The zero-order chi connectivity index (χ0) is 5.98. The first-order valence-electron chi connectivity index (χ1n) is 3.27. The molecular formula is C6H14N2. The van der Waals surface area contributed by atoms with Crippen molar-refractivity contribution >= 4 is 0 Å². The molecule has 0 amide bonds. The van der Waals surface area contributed by atoms with Crippen molar-refractivity contribution in [1.29, 1.82) is 0 Å². The first-order valence-corrected chi connectivity index (χ1v) is 3.27. The van der Waals surface area contributed by atoms with E-state index in [-0.39, 0.29) is 0 Å². The minimum atomic E-state index is 0.392. The molecule has 0 bridgehead atoms. The third-order valence-corrected chi connectivity index (χ3v) is 1.89. The van der Waals surface area contributed by atoms with Crippen LogP contribution in [0.25, 0.3) is 0 Å². The summed E-state index contributed by atoms with van der Waals surface area (Å²) in [5.74, 6) is 0.719. The van der Waals surface area contributed by atoms with Crippen LogP contribution in [-0.2, 0) is 0 Å². The summed E-state index contributed by atoms with van der Waals surface area (Å²) in [6, 6.07) is 0.392. The van der Waals surface area contributed by atoms with E-state index in [4.69, 9.17) is 5.73 Å². The number of nitrogens with one attached hydrogen (secondary N) is 1. The third-order valence-electron chi connectivity index (χ3n) is 1.89. The van der Waals surface area contributed by atoms with Crippen molar-refractivity contribution in [3.8, 4) is 0 Å². The van der Waals surface area contributed by atoms with Gasteiger partial charge in [0.15, 0.2) is 0 Å². The van der Waals surface area contributed by atoms with Crippen molar-refractivity contribution in [3.05, 3.63) is 0 Å². The molecule has 1 aliphatic rings. The van der Waals surface area contributed by atoms with Gasteiger partial charge in [-0.3, -0.25) is 0 Å². The molecule has 1 fully saturated rings. The van der Waals surface area contributed by atoms with E-state index in [1.807, 2.05) is 0 Å². The molecule has 1 saturated heterocycles. The largest absolute Gasteiger partial charge is 0.326 e. The first kappa shape index (κ1) is 6.05. The molecule has 2 nitrogen and oxygen atoms in total. The third kappa shape index (κ3) is 1.20. The van der Waals surface area contributed by atoms with Gasteiger partial charge in [0.1, 0.15) is 0 Å². The van der Waals surface area contributed by atoms with Gasteiger partial charge in [-0.05, 0) is 18.9 Å². The average molecular weight is 114 g/mol. The van der Waals surface area contributed by atoms with Crippen molar-refractivity contribution in [2.45, 2.75) is 19.4 Å². The Morgan fingerprint density at radius 2 is 2.38 bits per heavy atom. The second-order valence-electron chi connectivity index (χ2n) is 2.63. The highest BCUT2D eigenvalue weighted by molar-refractivity contribution is 4.76. The van der Waals surface area contributed by atoms with Gasteiger partial charge in [-0.1, -0.05) is 6.92 Å². The van der Waals surface area contributed by atoms with Crippen LogP contribution < -0.4 is 11.1 Å². The fraction of sp³-hybridized carbons (Fsp3) is 1.00. The number of rotatable bonds is 0.